The van der Waals surface area contributed by atoms with Crippen LogP contribution in [0.25, 0.3) is 0 Å². The van der Waals surface area contributed by atoms with Crippen molar-refractivity contribution in [3.05, 3.63) is 29.8 Å². The molecule has 0 radical (unpaired) electrons. The molecule has 3 amide bonds. The molecule has 4 aliphatic carbocycles. The van der Waals surface area contributed by atoms with Gasteiger partial charge in [-0.3, -0.25) is 4.79 Å². The van der Waals surface area contributed by atoms with E-state index < -0.39 is 0 Å². The van der Waals surface area contributed by atoms with E-state index >= 15 is 0 Å². The lowest BCUT2D eigenvalue weighted by Gasteiger charge is -2.56. The van der Waals surface area contributed by atoms with Crippen molar-refractivity contribution in [3.8, 4) is 5.75 Å². The van der Waals surface area contributed by atoms with Crippen molar-refractivity contribution in [3.63, 3.8) is 0 Å². The van der Waals surface area contributed by atoms with Crippen molar-refractivity contribution < 1.29 is 14.3 Å². The molecule has 5 aliphatic rings. The van der Waals surface area contributed by atoms with E-state index in [0.717, 1.165) is 67.7 Å². The summed E-state index contributed by atoms with van der Waals surface area (Å²) in [4.78, 5) is 27.5. The predicted octanol–water partition coefficient (Wildman–Crippen LogP) is 4.02. The summed E-state index contributed by atoms with van der Waals surface area (Å²) < 4.78 is 5.24. The molecule has 1 unspecified atom stereocenters. The van der Waals surface area contributed by atoms with Crippen LogP contribution in [0.4, 0.5) is 4.79 Å². The van der Waals surface area contributed by atoms with E-state index in [0.29, 0.717) is 13.0 Å². The summed E-state index contributed by atoms with van der Waals surface area (Å²) in [6, 6.07) is 8.03. The van der Waals surface area contributed by atoms with E-state index in [1.807, 2.05) is 29.2 Å². The highest BCUT2D eigenvalue weighted by Gasteiger charge is 2.51. The fourth-order valence-electron chi connectivity index (χ4n) is 7.21. The minimum Gasteiger partial charge on any atom is -0.497 e. The number of methoxy groups -OCH3 is 1. The van der Waals surface area contributed by atoms with Gasteiger partial charge in [0.2, 0.25) is 5.91 Å². The molecular formula is C25H35N3O3. The molecule has 0 aromatic heterocycles. The second kappa shape index (κ2) is 8.36. The highest BCUT2D eigenvalue weighted by Crippen LogP contribution is 2.55. The van der Waals surface area contributed by atoms with Crippen LogP contribution in [-0.4, -0.2) is 42.6 Å². The van der Waals surface area contributed by atoms with Gasteiger partial charge in [0, 0.05) is 25.0 Å². The average molecular weight is 426 g/mol. The molecule has 2 N–H and O–H groups in total. The number of nitrogens with zero attached hydrogens (tertiary/aromatic N) is 1. The number of likely N-dealkylation sites (tertiary alicyclic amines) is 1. The summed E-state index contributed by atoms with van der Waals surface area (Å²) in [6.45, 7) is 1.18. The van der Waals surface area contributed by atoms with Crippen LogP contribution in [-0.2, 0) is 4.79 Å². The van der Waals surface area contributed by atoms with Crippen LogP contribution in [0, 0.1) is 17.8 Å². The molecule has 1 saturated heterocycles. The average Bonchev–Trinajstić information content (AvgIpc) is 3.22. The molecule has 1 aliphatic heterocycles. The lowest BCUT2D eigenvalue weighted by atomic mass is 9.53. The molecule has 1 aromatic rings. The Kier molecular flexibility index (Phi) is 5.57. The maximum Gasteiger partial charge on any atom is 0.315 e. The van der Waals surface area contributed by atoms with E-state index in [1.54, 1.807) is 7.11 Å². The second-order valence-electron chi connectivity index (χ2n) is 10.3. The molecule has 4 bridgehead atoms. The molecule has 5 fully saturated rings. The summed E-state index contributed by atoms with van der Waals surface area (Å²) in [5, 5.41) is 6.29. The van der Waals surface area contributed by atoms with Crippen molar-refractivity contribution >= 4 is 11.9 Å². The predicted molar refractivity (Wildman–Crippen MR) is 119 cm³/mol. The number of urea groups is 1. The Balaban J connectivity index is 1.11. The molecule has 0 spiro atoms. The number of amides is 3. The standard InChI is InChI=1S/C25H35N3O3/c1-31-21-6-4-20(5-7-21)22-3-2-10-28(22)23(29)8-9-26-24(30)27-25-14-17-11-18(15-25)13-19(12-17)16-25/h4-7,17-19,22H,2-3,8-16H2,1H3,(H2,26,27,30). The maximum atomic E-state index is 12.9. The van der Waals surface area contributed by atoms with Gasteiger partial charge in [-0.15, -0.1) is 0 Å². The SMILES string of the molecule is COc1ccc(C2CCCN2C(=O)CCNC(=O)NC23CC4CC(CC(C4)C2)C3)cc1. The van der Waals surface area contributed by atoms with E-state index in [-0.39, 0.29) is 23.5 Å². The first-order valence-corrected chi connectivity index (χ1v) is 12.0. The monoisotopic (exact) mass is 425 g/mol. The summed E-state index contributed by atoms with van der Waals surface area (Å²) >= 11 is 0. The van der Waals surface area contributed by atoms with Gasteiger partial charge < -0.3 is 20.3 Å². The third kappa shape index (κ3) is 4.26. The van der Waals surface area contributed by atoms with Crippen molar-refractivity contribution in [2.75, 3.05) is 20.2 Å². The van der Waals surface area contributed by atoms with Crippen molar-refractivity contribution in [1.29, 1.82) is 0 Å². The minimum atomic E-state index is -0.0946. The van der Waals surface area contributed by atoms with Crippen LogP contribution < -0.4 is 15.4 Å². The van der Waals surface area contributed by atoms with Gasteiger partial charge in [-0.2, -0.15) is 0 Å². The number of hydrogen-bond donors (Lipinski definition) is 2. The number of ether oxygens (including phenoxy) is 1. The van der Waals surface area contributed by atoms with Gasteiger partial charge in [-0.05, 0) is 86.8 Å². The van der Waals surface area contributed by atoms with Gasteiger partial charge in [0.05, 0.1) is 13.2 Å². The molecule has 1 heterocycles. The van der Waals surface area contributed by atoms with Crippen LogP contribution in [0.15, 0.2) is 24.3 Å². The Labute approximate surface area is 185 Å². The molecule has 1 aromatic carbocycles. The fourth-order valence-corrected chi connectivity index (χ4v) is 7.21. The summed E-state index contributed by atoms with van der Waals surface area (Å²) in [5.41, 5.74) is 1.16. The quantitative estimate of drug-likeness (QED) is 0.723. The Bertz CT molecular complexity index is 787. The van der Waals surface area contributed by atoms with Gasteiger partial charge in [0.1, 0.15) is 5.75 Å². The molecule has 4 saturated carbocycles. The van der Waals surface area contributed by atoms with Gasteiger partial charge >= 0.3 is 6.03 Å². The third-order valence-electron chi connectivity index (χ3n) is 8.12. The molecule has 6 rings (SSSR count). The van der Waals surface area contributed by atoms with Crippen LogP contribution in [0.1, 0.15) is 69.4 Å². The third-order valence-corrected chi connectivity index (χ3v) is 8.12. The first kappa shape index (κ1) is 20.7. The maximum absolute atomic E-state index is 12.9. The molecule has 168 valence electrons. The Morgan fingerprint density at radius 2 is 1.71 bits per heavy atom. The normalized spacial score (nSPS) is 33.4. The Morgan fingerprint density at radius 1 is 1.06 bits per heavy atom. The van der Waals surface area contributed by atoms with E-state index in [9.17, 15) is 9.59 Å². The lowest BCUT2D eigenvalue weighted by Crippen LogP contribution is -2.61. The summed E-state index contributed by atoms with van der Waals surface area (Å²) in [7, 11) is 1.66. The molecular weight excluding hydrogens is 390 g/mol. The molecule has 6 heteroatoms. The van der Waals surface area contributed by atoms with Crippen molar-refractivity contribution in [2.45, 2.75) is 69.4 Å². The number of benzene rings is 1. The van der Waals surface area contributed by atoms with Crippen LogP contribution in [0.5, 0.6) is 5.75 Å². The Morgan fingerprint density at radius 3 is 2.32 bits per heavy atom. The fraction of sp³-hybridized carbons (Fsp3) is 0.680. The van der Waals surface area contributed by atoms with Crippen LogP contribution in [0.2, 0.25) is 0 Å². The topological polar surface area (TPSA) is 70.7 Å². The first-order valence-electron chi connectivity index (χ1n) is 12.0. The number of rotatable bonds is 6. The number of carbonyl (C=O) groups is 2. The zero-order chi connectivity index (χ0) is 21.4. The molecule has 6 nitrogen and oxygen atoms in total. The zero-order valence-electron chi connectivity index (χ0n) is 18.6. The van der Waals surface area contributed by atoms with Crippen LogP contribution in [0.3, 0.4) is 0 Å². The summed E-state index contributed by atoms with van der Waals surface area (Å²) in [6.07, 6.45) is 9.86. The highest BCUT2D eigenvalue weighted by atomic mass is 16.5. The van der Waals surface area contributed by atoms with Gasteiger partial charge in [-0.1, -0.05) is 12.1 Å². The minimum absolute atomic E-state index is 0.0112. The number of nitrogens with one attached hydrogen (secondary N) is 2. The largest absolute Gasteiger partial charge is 0.497 e. The first-order chi connectivity index (χ1) is 15.0. The van der Waals surface area contributed by atoms with Gasteiger partial charge in [0.15, 0.2) is 0 Å². The van der Waals surface area contributed by atoms with E-state index in [2.05, 4.69) is 10.6 Å². The van der Waals surface area contributed by atoms with Gasteiger partial charge in [0.25, 0.3) is 0 Å². The highest BCUT2D eigenvalue weighted by molar-refractivity contribution is 5.79. The number of hydrogen-bond acceptors (Lipinski definition) is 3. The van der Waals surface area contributed by atoms with E-state index in [1.165, 1.54) is 19.3 Å². The number of carbonyl (C=O) groups excluding carboxylic acids is 2. The van der Waals surface area contributed by atoms with Crippen LogP contribution >= 0.6 is 0 Å². The van der Waals surface area contributed by atoms with Gasteiger partial charge in [-0.25, -0.2) is 4.79 Å². The van der Waals surface area contributed by atoms with Crippen molar-refractivity contribution in [2.24, 2.45) is 17.8 Å². The smallest absolute Gasteiger partial charge is 0.315 e. The van der Waals surface area contributed by atoms with Crippen molar-refractivity contribution in [1.82, 2.24) is 15.5 Å². The molecule has 31 heavy (non-hydrogen) atoms. The second-order valence-corrected chi connectivity index (χ2v) is 10.3. The lowest BCUT2D eigenvalue weighted by molar-refractivity contribution is -0.132. The Hall–Kier alpha value is -2.24. The molecule has 1 atom stereocenters. The zero-order valence-corrected chi connectivity index (χ0v) is 18.6. The van der Waals surface area contributed by atoms with E-state index in [4.69, 9.17) is 4.74 Å². The summed E-state index contributed by atoms with van der Waals surface area (Å²) in [5.74, 6) is 3.36.